The number of hydrogen-bond acceptors (Lipinski definition) is 4. The topological polar surface area (TPSA) is 44.8 Å². The molecular weight excluding hydrogens is 383 g/mol. The molecule has 3 aliphatic rings. The Labute approximate surface area is 169 Å². The second-order valence-corrected chi connectivity index (χ2v) is 8.36. The smallest absolute Gasteiger partial charge is 0.379 e. The highest BCUT2D eigenvalue weighted by atomic mass is 19.4. The van der Waals surface area contributed by atoms with Crippen LogP contribution >= 0.6 is 0 Å². The molecule has 1 N–H and O–H groups in total. The summed E-state index contributed by atoms with van der Waals surface area (Å²) in [7, 11) is 0. The quantitative estimate of drug-likeness (QED) is 0.830. The molecular formula is C21H28F3N3O2. The first kappa shape index (κ1) is 20.6. The second-order valence-electron chi connectivity index (χ2n) is 8.36. The SMILES string of the molecule is C[C@@H]1COCCN1C1CC(=O)NC(N2CCCC2c2cccc(C(F)(F)F)c2)C1. The first-order valence-electron chi connectivity index (χ1n) is 10.4. The number of morpholine rings is 1. The molecule has 0 radical (unpaired) electrons. The van der Waals surface area contributed by atoms with Crippen molar-refractivity contribution in [2.24, 2.45) is 0 Å². The molecule has 8 heteroatoms. The Morgan fingerprint density at radius 3 is 2.79 bits per heavy atom. The van der Waals surface area contributed by atoms with Crippen LogP contribution in [0.25, 0.3) is 0 Å². The lowest BCUT2D eigenvalue weighted by Crippen LogP contribution is -2.59. The van der Waals surface area contributed by atoms with Gasteiger partial charge >= 0.3 is 6.18 Å². The number of hydrogen-bond donors (Lipinski definition) is 1. The minimum Gasteiger partial charge on any atom is -0.379 e. The van der Waals surface area contributed by atoms with E-state index in [4.69, 9.17) is 4.74 Å². The summed E-state index contributed by atoms with van der Waals surface area (Å²) in [4.78, 5) is 17.0. The second kappa shape index (κ2) is 8.24. The van der Waals surface area contributed by atoms with Gasteiger partial charge in [0.25, 0.3) is 0 Å². The first-order valence-corrected chi connectivity index (χ1v) is 10.4. The number of likely N-dealkylation sites (tertiary alicyclic amines) is 1. The van der Waals surface area contributed by atoms with E-state index in [-0.39, 0.29) is 30.2 Å². The van der Waals surface area contributed by atoms with Crippen LogP contribution in [0.5, 0.6) is 0 Å². The first-order chi connectivity index (χ1) is 13.8. The average Bonchev–Trinajstić information content (AvgIpc) is 3.17. The van der Waals surface area contributed by atoms with E-state index < -0.39 is 11.7 Å². The summed E-state index contributed by atoms with van der Waals surface area (Å²) in [6, 6.07) is 5.91. The third kappa shape index (κ3) is 4.44. The van der Waals surface area contributed by atoms with Gasteiger partial charge in [0.15, 0.2) is 0 Å². The van der Waals surface area contributed by atoms with Gasteiger partial charge in [-0.15, -0.1) is 0 Å². The largest absolute Gasteiger partial charge is 0.416 e. The fraction of sp³-hybridized carbons (Fsp3) is 0.667. The lowest BCUT2D eigenvalue weighted by molar-refractivity contribution is -0.137. The number of ether oxygens (including phenoxy) is 1. The van der Waals surface area contributed by atoms with Crippen LogP contribution in [0.4, 0.5) is 13.2 Å². The van der Waals surface area contributed by atoms with Crippen molar-refractivity contribution in [1.29, 1.82) is 0 Å². The van der Waals surface area contributed by atoms with Gasteiger partial charge in [-0.05, 0) is 43.9 Å². The molecule has 3 saturated heterocycles. The van der Waals surface area contributed by atoms with E-state index in [1.54, 1.807) is 6.07 Å². The van der Waals surface area contributed by atoms with Crippen LogP contribution < -0.4 is 5.32 Å². The highest BCUT2D eigenvalue weighted by Gasteiger charge is 2.40. The summed E-state index contributed by atoms with van der Waals surface area (Å²) in [5.74, 6) is 0.0136. The Bertz CT molecular complexity index is 742. The molecule has 0 aliphatic carbocycles. The van der Waals surface area contributed by atoms with E-state index in [0.717, 1.165) is 38.4 Å². The molecule has 160 valence electrons. The van der Waals surface area contributed by atoms with Crippen LogP contribution in [-0.2, 0) is 15.7 Å². The van der Waals surface area contributed by atoms with Crippen LogP contribution in [0.15, 0.2) is 24.3 Å². The Kier molecular flexibility index (Phi) is 5.86. The van der Waals surface area contributed by atoms with Crippen LogP contribution in [0.3, 0.4) is 0 Å². The van der Waals surface area contributed by atoms with Gasteiger partial charge in [0.2, 0.25) is 5.91 Å². The number of alkyl halides is 3. The van der Waals surface area contributed by atoms with Gasteiger partial charge in [-0.2, -0.15) is 13.2 Å². The van der Waals surface area contributed by atoms with E-state index in [9.17, 15) is 18.0 Å². The summed E-state index contributed by atoms with van der Waals surface area (Å²) in [5.41, 5.74) is 0.0583. The molecule has 1 aromatic rings. The molecule has 3 fully saturated rings. The summed E-state index contributed by atoms with van der Waals surface area (Å²) in [6.07, 6.45) is -1.55. The Hall–Kier alpha value is -1.64. The maximum atomic E-state index is 13.2. The van der Waals surface area contributed by atoms with Crippen molar-refractivity contribution in [2.75, 3.05) is 26.3 Å². The summed E-state index contributed by atoms with van der Waals surface area (Å²) >= 11 is 0. The molecule has 4 atom stereocenters. The van der Waals surface area contributed by atoms with Crippen molar-refractivity contribution >= 4 is 5.91 Å². The molecule has 5 nitrogen and oxygen atoms in total. The fourth-order valence-corrected chi connectivity index (χ4v) is 5.05. The lowest BCUT2D eigenvalue weighted by Gasteiger charge is -2.45. The zero-order chi connectivity index (χ0) is 20.6. The predicted molar refractivity (Wildman–Crippen MR) is 102 cm³/mol. The van der Waals surface area contributed by atoms with Crippen molar-refractivity contribution in [3.63, 3.8) is 0 Å². The van der Waals surface area contributed by atoms with E-state index in [2.05, 4.69) is 22.0 Å². The van der Waals surface area contributed by atoms with Gasteiger partial charge in [-0.25, -0.2) is 0 Å². The maximum Gasteiger partial charge on any atom is 0.416 e. The van der Waals surface area contributed by atoms with Gasteiger partial charge in [0, 0.05) is 37.6 Å². The molecule has 0 saturated carbocycles. The van der Waals surface area contributed by atoms with Crippen molar-refractivity contribution in [3.05, 3.63) is 35.4 Å². The zero-order valence-electron chi connectivity index (χ0n) is 16.6. The van der Waals surface area contributed by atoms with Crippen molar-refractivity contribution in [2.45, 2.75) is 63.1 Å². The number of rotatable bonds is 3. The highest BCUT2D eigenvalue weighted by Crippen LogP contribution is 2.38. The lowest BCUT2D eigenvalue weighted by atomic mass is 9.96. The Morgan fingerprint density at radius 1 is 1.21 bits per heavy atom. The van der Waals surface area contributed by atoms with Crippen LogP contribution in [0.2, 0.25) is 0 Å². The normalized spacial score (nSPS) is 32.3. The molecule has 3 heterocycles. The van der Waals surface area contributed by atoms with E-state index in [1.165, 1.54) is 12.1 Å². The van der Waals surface area contributed by atoms with Gasteiger partial charge in [-0.1, -0.05) is 12.1 Å². The van der Waals surface area contributed by atoms with Gasteiger partial charge in [-0.3, -0.25) is 14.6 Å². The molecule has 4 rings (SSSR count). The minimum atomic E-state index is -4.35. The third-order valence-electron chi connectivity index (χ3n) is 6.43. The van der Waals surface area contributed by atoms with Gasteiger partial charge in [0.05, 0.1) is 24.9 Å². The molecule has 0 aromatic heterocycles. The zero-order valence-corrected chi connectivity index (χ0v) is 16.6. The van der Waals surface area contributed by atoms with Crippen LogP contribution in [0.1, 0.15) is 49.8 Å². The maximum absolute atomic E-state index is 13.2. The molecule has 0 spiro atoms. The Morgan fingerprint density at radius 2 is 2.03 bits per heavy atom. The number of nitrogens with one attached hydrogen (secondary N) is 1. The van der Waals surface area contributed by atoms with Crippen molar-refractivity contribution in [1.82, 2.24) is 15.1 Å². The van der Waals surface area contributed by atoms with Crippen LogP contribution in [0, 0.1) is 0 Å². The molecule has 3 aliphatic heterocycles. The third-order valence-corrected chi connectivity index (χ3v) is 6.43. The van der Waals surface area contributed by atoms with Gasteiger partial charge in [0.1, 0.15) is 0 Å². The summed E-state index contributed by atoms with van der Waals surface area (Å²) in [6.45, 7) is 5.03. The van der Waals surface area contributed by atoms with E-state index in [1.807, 2.05) is 0 Å². The van der Waals surface area contributed by atoms with Crippen molar-refractivity contribution in [3.8, 4) is 0 Å². The average molecular weight is 411 g/mol. The molecule has 0 bridgehead atoms. The number of carbonyl (C=O) groups excluding carboxylic acids is 1. The molecule has 29 heavy (non-hydrogen) atoms. The van der Waals surface area contributed by atoms with Crippen LogP contribution in [-0.4, -0.2) is 60.3 Å². The van der Waals surface area contributed by atoms with Crippen molar-refractivity contribution < 1.29 is 22.7 Å². The summed E-state index contributed by atoms with van der Waals surface area (Å²) in [5, 5.41) is 3.09. The number of piperidine rings is 1. The number of nitrogens with zero attached hydrogens (tertiary/aromatic N) is 2. The van der Waals surface area contributed by atoms with Gasteiger partial charge < -0.3 is 10.1 Å². The minimum absolute atomic E-state index is 0.0136. The fourth-order valence-electron chi connectivity index (χ4n) is 5.05. The Balaban J connectivity index is 1.53. The van der Waals surface area contributed by atoms with E-state index in [0.29, 0.717) is 25.2 Å². The molecule has 3 unspecified atom stereocenters. The highest BCUT2D eigenvalue weighted by molar-refractivity contribution is 5.77. The predicted octanol–water partition coefficient (Wildman–Crippen LogP) is 3.17. The monoisotopic (exact) mass is 411 g/mol. The standard InChI is InChI=1S/C21H28F3N3O2/c1-14-13-29-9-8-26(14)17-11-19(25-20(28)12-17)27-7-3-6-18(27)15-4-2-5-16(10-15)21(22,23)24/h2,4-5,10,14,17-19H,3,6-9,11-13H2,1H3,(H,25,28)/t14-,17?,18?,19?/m1/s1. The molecule has 1 aromatic carbocycles. The molecule has 1 amide bonds. The number of carbonyl (C=O) groups is 1. The van der Waals surface area contributed by atoms with E-state index >= 15 is 0 Å². The number of halogens is 3. The number of benzene rings is 1. The summed E-state index contributed by atoms with van der Waals surface area (Å²) < 4.78 is 45.0. The number of amides is 1.